The third-order valence-electron chi connectivity index (χ3n) is 3.43. The van der Waals surface area contributed by atoms with E-state index in [0.717, 1.165) is 11.0 Å². The topological polar surface area (TPSA) is 92.3 Å². The number of aliphatic hydroxyl groups excluding tert-OH is 1. The third kappa shape index (κ3) is 3.41. The van der Waals surface area contributed by atoms with E-state index in [9.17, 15) is 9.90 Å². The van der Waals surface area contributed by atoms with Gasteiger partial charge in [-0.05, 0) is 26.0 Å². The Hall–Kier alpha value is -2.80. The van der Waals surface area contributed by atoms with Crippen LogP contribution in [0.1, 0.15) is 13.8 Å². The average Bonchev–Trinajstić information content (AvgIpc) is 3.11. The second kappa shape index (κ2) is 6.76. The van der Waals surface area contributed by atoms with Gasteiger partial charge in [-0.2, -0.15) is 5.10 Å². The standard InChI is InChI=1S/C17H20N4O3/c1-11(2)18-17(23)19-16-10-13(20-21(16)7-8-22)15-9-12-5-3-4-6-14(12)24-15/h3-6,9-11,22H,7-8H2,1-2H3,(H2,18,19,23). The Kier molecular flexibility index (Phi) is 4.52. The summed E-state index contributed by atoms with van der Waals surface area (Å²) in [5.74, 6) is 1.11. The molecule has 3 aromatic rings. The van der Waals surface area contributed by atoms with Crippen molar-refractivity contribution in [3.8, 4) is 11.5 Å². The molecule has 7 nitrogen and oxygen atoms in total. The van der Waals surface area contributed by atoms with Crippen LogP contribution in [0.3, 0.4) is 0 Å². The third-order valence-corrected chi connectivity index (χ3v) is 3.43. The molecule has 7 heteroatoms. The van der Waals surface area contributed by atoms with Crippen molar-refractivity contribution < 1.29 is 14.3 Å². The van der Waals surface area contributed by atoms with Crippen LogP contribution in [0.5, 0.6) is 0 Å². The van der Waals surface area contributed by atoms with Crippen molar-refractivity contribution >= 4 is 22.8 Å². The van der Waals surface area contributed by atoms with Crippen molar-refractivity contribution in [3.63, 3.8) is 0 Å². The molecule has 0 bridgehead atoms. The van der Waals surface area contributed by atoms with Crippen LogP contribution < -0.4 is 10.6 Å². The zero-order valence-corrected chi connectivity index (χ0v) is 13.6. The van der Waals surface area contributed by atoms with Gasteiger partial charge in [0.1, 0.15) is 17.1 Å². The van der Waals surface area contributed by atoms with Gasteiger partial charge in [-0.1, -0.05) is 18.2 Å². The molecule has 0 fully saturated rings. The summed E-state index contributed by atoms with van der Waals surface area (Å²) in [6.45, 7) is 3.95. The van der Waals surface area contributed by atoms with Crippen LogP contribution in [0.25, 0.3) is 22.4 Å². The number of carbonyl (C=O) groups excluding carboxylic acids is 1. The maximum Gasteiger partial charge on any atom is 0.320 e. The molecular formula is C17H20N4O3. The summed E-state index contributed by atoms with van der Waals surface area (Å²) in [6, 6.07) is 11.0. The first-order valence-corrected chi connectivity index (χ1v) is 7.82. The quantitative estimate of drug-likeness (QED) is 0.671. The molecule has 0 aliphatic rings. The van der Waals surface area contributed by atoms with Gasteiger partial charge in [0.15, 0.2) is 5.76 Å². The highest BCUT2D eigenvalue weighted by Crippen LogP contribution is 2.28. The summed E-state index contributed by atoms with van der Waals surface area (Å²) in [6.07, 6.45) is 0. The number of aromatic nitrogens is 2. The normalized spacial score (nSPS) is 11.2. The number of nitrogens with zero attached hydrogens (tertiary/aromatic N) is 2. The van der Waals surface area contributed by atoms with E-state index in [0.29, 0.717) is 17.3 Å². The zero-order valence-electron chi connectivity index (χ0n) is 13.6. The predicted octanol–water partition coefficient (Wildman–Crippen LogP) is 2.82. The molecule has 2 aromatic heterocycles. The number of fused-ring (bicyclic) bond motifs is 1. The summed E-state index contributed by atoms with van der Waals surface area (Å²) in [4.78, 5) is 11.9. The van der Waals surface area contributed by atoms with E-state index < -0.39 is 0 Å². The fraction of sp³-hybridized carbons (Fsp3) is 0.294. The Morgan fingerprint density at radius 3 is 2.83 bits per heavy atom. The molecule has 2 heterocycles. The molecule has 0 atom stereocenters. The number of hydrogen-bond acceptors (Lipinski definition) is 4. The fourth-order valence-electron chi connectivity index (χ4n) is 2.43. The maximum atomic E-state index is 11.9. The molecule has 0 radical (unpaired) electrons. The zero-order chi connectivity index (χ0) is 17.1. The number of rotatable bonds is 5. The van der Waals surface area contributed by atoms with Crippen LogP contribution in [0.4, 0.5) is 10.6 Å². The number of nitrogens with one attached hydrogen (secondary N) is 2. The highest BCUT2D eigenvalue weighted by atomic mass is 16.3. The van der Waals surface area contributed by atoms with Crippen molar-refractivity contribution in [1.29, 1.82) is 0 Å². The fourth-order valence-corrected chi connectivity index (χ4v) is 2.43. The molecule has 0 aliphatic heterocycles. The van der Waals surface area contributed by atoms with Gasteiger partial charge in [0.2, 0.25) is 0 Å². The Morgan fingerprint density at radius 1 is 1.33 bits per heavy atom. The first-order valence-electron chi connectivity index (χ1n) is 7.82. The van der Waals surface area contributed by atoms with Crippen LogP contribution in [0, 0.1) is 0 Å². The Labute approximate surface area is 139 Å². The lowest BCUT2D eigenvalue weighted by molar-refractivity contribution is 0.249. The molecule has 3 rings (SSSR count). The van der Waals surface area contributed by atoms with Crippen LogP contribution in [0.2, 0.25) is 0 Å². The van der Waals surface area contributed by atoms with Gasteiger partial charge < -0.3 is 14.8 Å². The van der Waals surface area contributed by atoms with E-state index >= 15 is 0 Å². The first-order chi connectivity index (χ1) is 11.6. The molecular weight excluding hydrogens is 308 g/mol. The molecule has 1 aromatic carbocycles. The van der Waals surface area contributed by atoms with Crippen LogP contribution in [-0.2, 0) is 6.54 Å². The summed E-state index contributed by atoms with van der Waals surface area (Å²) in [7, 11) is 0. The number of urea groups is 1. The molecule has 2 amide bonds. The Bertz CT molecular complexity index is 818. The van der Waals surface area contributed by atoms with Gasteiger partial charge in [-0.15, -0.1) is 0 Å². The average molecular weight is 328 g/mol. The van der Waals surface area contributed by atoms with Gasteiger partial charge in [0, 0.05) is 17.5 Å². The lowest BCUT2D eigenvalue weighted by atomic mass is 10.2. The van der Waals surface area contributed by atoms with Crippen molar-refractivity contribution in [2.24, 2.45) is 0 Å². The minimum Gasteiger partial charge on any atom is -0.454 e. The lowest BCUT2D eigenvalue weighted by Crippen LogP contribution is -2.34. The summed E-state index contributed by atoms with van der Waals surface area (Å²) in [5, 5.41) is 20.1. The number of anilines is 1. The molecule has 24 heavy (non-hydrogen) atoms. The Morgan fingerprint density at radius 2 is 2.12 bits per heavy atom. The highest BCUT2D eigenvalue weighted by molar-refractivity contribution is 5.89. The molecule has 0 saturated heterocycles. The number of carbonyl (C=O) groups is 1. The summed E-state index contributed by atoms with van der Waals surface area (Å²) in [5.41, 5.74) is 1.37. The van der Waals surface area contributed by atoms with Gasteiger partial charge in [0.05, 0.1) is 13.2 Å². The van der Waals surface area contributed by atoms with Crippen LogP contribution in [-0.4, -0.2) is 33.6 Å². The molecule has 0 aliphatic carbocycles. The van der Waals surface area contributed by atoms with E-state index in [1.165, 1.54) is 0 Å². The second-order valence-electron chi connectivity index (χ2n) is 5.76. The molecule has 0 unspecified atom stereocenters. The first kappa shape index (κ1) is 16.1. The second-order valence-corrected chi connectivity index (χ2v) is 5.76. The van der Waals surface area contributed by atoms with Gasteiger partial charge >= 0.3 is 6.03 Å². The molecule has 0 spiro atoms. The minimum absolute atomic E-state index is 0.0223. The van der Waals surface area contributed by atoms with Gasteiger partial charge in [-0.25, -0.2) is 9.48 Å². The van der Waals surface area contributed by atoms with E-state index in [1.807, 2.05) is 44.2 Å². The monoisotopic (exact) mass is 328 g/mol. The van der Waals surface area contributed by atoms with E-state index in [4.69, 9.17) is 4.42 Å². The smallest absolute Gasteiger partial charge is 0.320 e. The number of furan rings is 1. The summed E-state index contributed by atoms with van der Waals surface area (Å²) < 4.78 is 7.35. The molecule has 3 N–H and O–H groups in total. The van der Waals surface area contributed by atoms with E-state index in [1.54, 1.807) is 10.7 Å². The lowest BCUT2D eigenvalue weighted by Gasteiger charge is -2.10. The maximum absolute atomic E-state index is 11.9. The minimum atomic E-state index is -0.319. The van der Waals surface area contributed by atoms with Crippen molar-refractivity contribution in [2.75, 3.05) is 11.9 Å². The number of benzene rings is 1. The van der Waals surface area contributed by atoms with Gasteiger partial charge in [-0.3, -0.25) is 5.32 Å². The predicted molar refractivity (Wildman–Crippen MR) is 91.8 cm³/mol. The Balaban J connectivity index is 1.91. The SMILES string of the molecule is CC(C)NC(=O)Nc1cc(-c2cc3ccccc3o2)nn1CCO. The van der Waals surface area contributed by atoms with Crippen LogP contribution in [0.15, 0.2) is 40.8 Å². The highest BCUT2D eigenvalue weighted by Gasteiger charge is 2.15. The van der Waals surface area contributed by atoms with Gasteiger partial charge in [0.25, 0.3) is 0 Å². The van der Waals surface area contributed by atoms with E-state index in [-0.39, 0.29) is 25.2 Å². The number of para-hydroxylation sites is 1. The van der Waals surface area contributed by atoms with E-state index in [2.05, 4.69) is 15.7 Å². The molecule has 0 saturated carbocycles. The largest absolute Gasteiger partial charge is 0.454 e. The van der Waals surface area contributed by atoms with Crippen molar-refractivity contribution in [1.82, 2.24) is 15.1 Å². The van der Waals surface area contributed by atoms with Crippen LogP contribution >= 0.6 is 0 Å². The van der Waals surface area contributed by atoms with Crippen molar-refractivity contribution in [3.05, 3.63) is 36.4 Å². The number of hydrogen-bond donors (Lipinski definition) is 3. The number of amides is 2. The number of aliphatic hydroxyl groups is 1. The molecule has 126 valence electrons. The van der Waals surface area contributed by atoms with Crippen molar-refractivity contribution in [2.45, 2.75) is 26.4 Å². The summed E-state index contributed by atoms with van der Waals surface area (Å²) >= 11 is 0.